The number of carbonyl (C=O) groups is 1. The standard InChI is InChI=1S/C11H8F3N5O/c12-11(13,14)5-18-2-1-8(10(18)20)19-6-17-7(3-15)9(19)4-16/h6,8H,1-2,5H2. The molecule has 1 atom stereocenters. The predicted octanol–water partition coefficient (Wildman–Crippen LogP) is 0.962. The Hall–Kier alpha value is -2.55. The Kier molecular flexibility index (Phi) is 3.36. The van der Waals surface area contributed by atoms with Crippen LogP contribution in [0.2, 0.25) is 0 Å². The lowest BCUT2D eigenvalue weighted by Crippen LogP contribution is -2.36. The highest BCUT2D eigenvalue weighted by Crippen LogP contribution is 2.28. The Morgan fingerprint density at radius 1 is 1.40 bits per heavy atom. The summed E-state index contributed by atoms with van der Waals surface area (Å²) < 4.78 is 38.1. The van der Waals surface area contributed by atoms with Crippen LogP contribution in [0.1, 0.15) is 23.9 Å². The SMILES string of the molecule is N#Cc1ncn(C2CCN(CC(F)(F)F)C2=O)c1C#N. The number of imidazole rings is 1. The summed E-state index contributed by atoms with van der Waals surface area (Å²) in [7, 11) is 0. The molecule has 6 nitrogen and oxygen atoms in total. The molecular formula is C11H8F3N5O. The first-order chi connectivity index (χ1) is 9.37. The zero-order chi connectivity index (χ0) is 14.9. The van der Waals surface area contributed by atoms with Crippen LogP contribution >= 0.6 is 0 Å². The van der Waals surface area contributed by atoms with Crippen molar-refractivity contribution in [2.24, 2.45) is 0 Å². The van der Waals surface area contributed by atoms with Gasteiger partial charge in [-0.25, -0.2) is 4.98 Å². The highest BCUT2D eigenvalue weighted by atomic mass is 19.4. The monoisotopic (exact) mass is 283 g/mol. The fourth-order valence-electron chi connectivity index (χ4n) is 2.14. The second-order valence-electron chi connectivity index (χ2n) is 4.25. The molecule has 0 bridgehead atoms. The predicted molar refractivity (Wildman–Crippen MR) is 57.9 cm³/mol. The molecule has 0 spiro atoms. The van der Waals surface area contributed by atoms with Gasteiger partial charge in [-0.05, 0) is 6.42 Å². The van der Waals surface area contributed by atoms with Crippen LogP contribution in [0.4, 0.5) is 13.2 Å². The molecule has 1 aromatic heterocycles. The number of aromatic nitrogens is 2. The molecule has 20 heavy (non-hydrogen) atoms. The van der Waals surface area contributed by atoms with Gasteiger partial charge in [0.15, 0.2) is 11.4 Å². The number of rotatable bonds is 2. The fourth-order valence-corrected chi connectivity index (χ4v) is 2.14. The molecule has 0 radical (unpaired) electrons. The molecule has 9 heteroatoms. The number of nitriles is 2. The van der Waals surface area contributed by atoms with Gasteiger partial charge in [0.2, 0.25) is 5.91 Å². The summed E-state index contributed by atoms with van der Waals surface area (Å²) in [6.45, 7) is -1.36. The molecule has 1 unspecified atom stereocenters. The molecule has 1 saturated heterocycles. The smallest absolute Gasteiger partial charge is 0.332 e. The third kappa shape index (κ3) is 2.43. The lowest BCUT2D eigenvalue weighted by Gasteiger charge is -2.18. The van der Waals surface area contributed by atoms with Crippen molar-refractivity contribution in [3.05, 3.63) is 17.7 Å². The highest BCUT2D eigenvalue weighted by molar-refractivity contribution is 5.82. The summed E-state index contributed by atoms with van der Waals surface area (Å²) >= 11 is 0. The van der Waals surface area contributed by atoms with E-state index in [1.165, 1.54) is 0 Å². The van der Waals surface area contributed by atoms with Crippen LogP contribution in [0, 0.1) is 22.7 Å². The van der Waals surface area contributed by atoms with Crippen LogP contribution in [-0.4, -0.2) is 39.6 Å². The molecule has 0 aliphatic carbocycles. The van der Waals surface area contributed by atoms with Crippen LogP contribution in [0.25, 0.3) is 0 Å². The number of nitrogens with zero attached hydrogens (tertiary/aromatic N) is 5. The van der Waals surface area contributed by atoms with Gasteiger partial charge in [-0.3, -0.25) is 4.79 Å². The number of likely N-dealkylation sites (tertiary alicyclic amines) is 1. The van der Waals surface area contributed by atoms with Gasteiger partial charge in [-0.15, -0.1) is 0 Å². The van der Waals surface area contributed by atoms with Crippen LogP contribution in [-0.2, 0) is 4.79 Å². The third-order valence-corrected chi connectivity index (χ3v) is 2.98. The first kappa shape index (κ1) is 13.9. The molecule has 2 heterocycles. The maximum Gasteiger partial charge on any atom is 0.406 e. The molecule has 0 aromatic carbocycles. The van der Waals surface area contributed by atoms with E-state index >= 15 is 0 Å². The Balaban J connectivity index is 2.25. The van der Waals surface area contributed by atoms with E-state index in [1.807, 2.05) is 0 Å². The molecule has 0 N–H and O–H groups in total. The summed E-state index contributed by atoms with van der Waals surface area (Å²) in [6.07, 6.45) is -3.18. The van der Waals surface area contributed by atoms with E-state index < -0.39 is 24.7 Å². The Morgan fingerprint density at radius 2 is 2.10 bits per heavy atom. The topological polar surface area (TPSA) is 85.7 Å². The molecule has 0 saturated carbocycles. The number of hydrogen-bond acceptors (Lipinski definition) is 4. The van der Waals surface area contributed by atoms with Crippen molar-refractivity contribution < 1.29 is 18.0 Å². The first-order valence-electron chi connectivity index (χ1n) is 5.60. The summed E-state index contributed by atoms with van der Waals surface area (Å²) in [5.41, 5.74) is -0.255. The average Bonchev–Trinajstić information content (AvgIpc) is 2.92. The number of alkyl halides is 3. The fraction of sp³-hybridized carbons (Fsp3) is 0.455. The molecule has 1 aromatic rings. The summed E-state index contributed by atoms with van der Waals surface area (Å²) in [4.78, 5) is 16.3. The van der Waals surface area contributed by atoms with E-state index in [2.05, 4.69) is 4.98 Å². The molecule has 104 valence electrons. The summed E-state index contributed by atoms with van der Waals surface area (Å²) in [5.74, 6) is -0.722. The molecule has 1 aliphatic rings. The molecule has 1 amide bonds. The molecular weight excluding hydrogens is 275 g/mol. The van der Waals surface area contributed by atoms with Crippen molar-refractivity contribution in [1.29, 1.82) is 10.5 Å². The number of carbonyl (C=O) groups excluding carboxylic acids is 1. The minimum atomic E-state index is -4.46. The number of amides is 1. The van der Waals surface area contributed by atoms with E-state index in [0.29, 0.717) is 4.90 Å². The minimum Gasteiger partial charge on any atom is -0.332 e. The van der Waals surface area contributed by atoms with E-state index in [-0.39, 0.29) is 24.4 Å². The normalized spacial score (nSPS) is 18.9. The Bertz CT molecular complexity index is 621. The maximum absolute atomic E-state index is 12.3. The lowest BCUT2D eigenvalue weighted by atomic mass is 10.2. The van der Waals surface area contributed by atoms with Gasteiger partial charge in [0.05, 0.1) is 6.33 Å². The first-order valence-corrected chi connectivity index (χ1v) is 5.60. The average molecular weight is 283 g/mol. The van der Waals surface area contributed by atoms with Crippen molar-refractivity contribution in [2.75, 3.05) is 13.1 Å². The van der Waals surface area contributed by atoms with Gasteiger partial charge in [-0.2, -0.15) is 23.7 Å². The maximum atomic E-state index is 12.3. The summed E-state index contributed by atoms with van der Waals surface area (Å²) in [5, 5.41) is 17.7. The van der Waals surface area contributed by atoms with E-state index in [0.717, 1.165) is 10.9 Å². The zero-order valence-corrected chi connectivity index (χ0v) is 10.1. The van der Waals surface area contributed by atoms with E-state index in [1.54, 1.807) is 12.1 Å². The van der Waals surface area contributed by atoms with Crippen molar-refractivity contribution in [1.82, 2.24) is 14.5 Å². The van der Waals surface area contributed by atoms with Gasteiger partial charge in [0.1, 0.15) is 24.7 Å². The van der Waals surface area contributed by atoms with Gasteiger partial charge in [0, 0.05) is 6.54 Å². The van der Waals surface area contributed by atoms with Crippen LogP contribution in [0.5, 0.6) is 0 Å². The van der Waals surface area contributed by atoms with Crippen LogP contribution in [0.15, 0.2) is 6.33 Å². The Morgan fingerprint density at radius 3 is 2.65 bits per heavy atom. The van der Waals surface area contributed by atoms with E-state index in [4.69, 9.17) is 10.5 Å². The lowest BCUT2D eigenvalue weighted by molar-refractivity contribution is -0.158. The summed E-state index contributed by atoms with van der Waals surface area (Å²) in [6, 6.07) is 2.52. The second-order valence-corrected chi connectivity index (χ2v) is 4.25. The quantitative estimate of drug-likeness (QED) is 0.809. The zero-order valence-electron chi connectivity index (χ0n) is 10.1. The van der Waals surface area contributed by atoms with Crippen molar-refractivity contribution in [2.45, 2.75) is 18.6 Å². The van der Waals surface area contributed by atoms with Crippen molar-refractivity contribution in [3.63, 3.8) is 0 Å². The van der Waals surface area contributed by atoms with Crippen molar-refractivity contribution >= 4 is 5.91 Å². The van der Waals surface area contributed by atoms with Crippen LogP contribution in [0.3, 0.4) is 0 Å². The Labute approximate surface area is 111 Å². The largest absolute Gasteiger partial charge is 0.406 e. The third-order valence-electron chi connectivity index (χ3n) is 2.98. The molecule has 2 rings (SSSR count). The van der Waals surface area contributed by atoms with Gasteiger partial charge >= 0.3 is 6.18 Å². The van der Waals surface area contributed by atoms with Gasteiger partial charge < -0.3 is 9.47 Å². The molecule has 1 aliphatic heterocycles. The highest BCUT2D eigenvalue weighted by Gasteiger charge is 2.40. The molecule has 1 fully saturated rings. The second kappa shape index (κ2) is 4.85. The van der Waals surface area contributed by atoms with Crippen molar-refractivity contribution in [3.8, 4) is 12.1 Å². The van der Waals surface area contributed by atoms with Gasteiger partial charge in [0.25, 0.3) is 0 Å². The van der Waals surface area contributed by atoms with E-state index in [9.17, 15) is 18.0 Å². The number of hydrogen-bond donors (Lipinski definition) is 0. The minimum absolute atomic E-state index is 0.0477. The van der Waals surface area contributed by atoms with Crippen LogP contribution < -0.4 is 0 Å². The number of halogens is 3. The van der Waals surface area contributed by atoms with Gasteiger partial charge in [-0.1, -0.05) is 0 Å².